The van der Waals surface area contributed by atoms with Crippen molar-refractivity contribution in [1.82, 2.24) is 0 Å². The fraction of sp³-hybridized carbons (Fsp3) is 0.308. The Hall–Kier alpha value is -1.28. The summed E-state index contributed by atoms with van der Waals surface area (Å²) in [5, 5.41) is 2.81. The van der Waals surface area contributed by atoms with Gasteiger partial charge >= 0.3 is 0 Å². The first kappa shape index (κ1) is 11.2. The highest BCUT2D eigenvalue weighted by atomic mass is 35.5. The third-order valence-corrected chi connectivity index (χ3v) is 4.12. The van der Waals surface area contributed by atoms with Crippen LogP contribution in [0.1, 0.15) is 19.4 Å². The van der Waals surface area contributed by atoms with Gasteiger partial charge in [-0.15, -0.1) is 18.2 Å². The van der Waals surface area contributed by atoms with Crippen molar-refractivity contribution in [3.05, 3.63) is 42.5 Å². The standard InChI is InChI=1S/C13H14ClNO/c1-4-12(2,3)13(14)9-7-5-6-8-10(9)15-11(13)16/h4-8H,1H2,2-3H3,(H,15,16)/t13-/m0/s1. The van der Waals surface area contributed by atoms with Crippen LogP contribution in [0.3, 0.4) is 0 Å². The number of benzene rings is 1. The molecule has 0 spiro atoms. The predicted molar refractivity (Wildman–Crippen MR) is 66.6 cm³/mol. The smallest absolute Gasteiger partial charge is 0.251 e. The summed E-state index contributed by atoms with van der Waals surface area (Å²) in [5.41, 5.74) is 1.11. The molecule has 0 unspecified atom stereocenters. The highest BCUT2D eigenvalue weighted by molar-refractivity contribution is 6.39. The highest BCUT2D eigenvalue weighted by Crippen LogP contribution is 2.52. The molecule has 0 radical (unpaired) electrons. The Bertz CT molecular complexity index is 467. The van der Waals surface area contributed by atoms with Gasteiger partial charge in [-0.3, -0.25) is 4.79 Å². The van der Waals surface area contributed by atoms with Crippen LogP contribution in [-0.2, 0) is 9.67 Å². The number of alkyl halides is 1. The molecule has 1 aliphatic heterocycles. The Morgan fingerprint density at radius 1 is 1.44 bits per heavy atom. The predicted octanol–water partition coefficient (Wildman–Crippen LogP) is 3.29. The Morgan fingerprint density at radius 3 is 2.69 bits per heavy atom. The van der Waals surface area contributed by atoms with Crippen molar-refractivity contribution >= 4 is 23.2 Å². The van der Waals surface area contributed by atoms with Crippen molar-refractivity contribution in [3.63, 3.8) is 0 Å². The molecule has 0 aliphatic carbocycles. The number of carbonyl (C=O) groups excluding carboxylic acids is 1. The second-order valence-corrected chi connectivity index (χ2v) is 5.15. The van der Waals surface area contributed by atoms with E-state index in [1.54, 1.807) is 6.08 Å². The number of hydrogen-bond donors (Lipinski definition) is 1. The van der Waals surface area contributed by atoms with Gasteiger partial charge in [0.25, 0.3) is 5.91 Å². The van der Waals surface area contributed by atoms with E-state index >= 15 is 0 Å². The van der Waals surface area contributed by atoms with E-state index in [1.807, 2.05) is 38.1 Å². The van der Waals surface area contributed by atoms with Gasteiger partial charge in [0.1, 0.15) is 0 Å². The summed E-state index contributed by atoms with van der Waals surface area (Å²) in [7, 11) is 0. The van der Waals surface area contributed by atoms with Crippen molar-refractivity contribution in [3.8, 4) is 0 Å². The van der Waals surface area contributed by atoms with Crippen molar-refractivity contribution < 1.29 is 4.79 Å². The number of para-hydroxylation sites is 1. The van der Waals surface area contributed by atoms with Gasteiger partial charge in [0, 0.05) is 16.7 Å². The number of allylic oxidation sites excluding steroid dienone is 1. The van der Waals surface area contributed by atoms with E-state index in [1.165, 1.54) is 0 Å². The van der Waals surface area contributed by atoms with E-state index < -0.39 is 10.3 Å². The summed E-state index contributed by atoms with van der Waals surface area (Å²) in [6.07, 6.45) is 1.72. The molecule has 0 saturated heterocycles. The van der Waals surface area contributed by atoms with Crippen LogP contribution in [0, 0.1) is 5.41 Å². The van der Waals surface area contributed by atoms with Crippen LogP contribution in [0.4, 0.5) is 5.69 Å². The molecule has 1 heterocycles. The number of amides is 1. The SMILES string of the molecule is C=CC(C)(C)[C@@]1(Cl)C(=O)Nc2ccccc21. The summed E-state index contributed by atoms with van der Waals surface area (Å²) < 4.78 is 0. The van der Waals surface area contributed by atoms with Gasteiger partial charge < -0.3 is 5.32 Å². The Labute approximate surface area is 100 Å². The molecule has 2 rings (SSSR count). The molecule has 0 aromatic heterocycles. The number of anilines is 1. The summed E-state index contributed by atoms with van der Waals surface area (Å²) in [6.45, 7) is 7.59. The molecule has 1 amide bonds. The number of fused-ring (bicyclic) bond motifs is 1. The van der Waals surface area contributed by atoms with Crippen LogP contribution in [0.25, 0.3) is 0 Å². The van der Waals surface area contributed by atoms with Crippen LogP contribution in [-0.4, -0.2) is 5.91 Å². The van der Waals surface area contributed by atoms with Gasteiger partial charge in [-0.25, -0.2) is 0 Å². The molecule has 2 nitrogen and oxygen atoms in total. The van der Waals surface area contributed by atoms with Crippen molar-refractivity contribution in [1.29, 1.82) is 0 Å². The molecule has 1 aromatic carbocycles. The van der Waals surface area contributed by atoms with Crippen molar-refractivity contribution in [2.45, 2.75) is 18.7 Å². The molecule has 0 bridgehead atoms. The average molecular weight is 236 g/mol. The fourth-order valence-corrected chi connectivity index (χ4v) is 2.29. The maximum atomic E-state index is 12.1. The third kappa shape index (κ3) is 1.23. The zero-order chi connectivity index (χ0) is 12.0. The monoisotopic (exact) mass is 235 g/mol. The molecule has 0 fully saturated rings. The van der Waals surface area contributed by atoms with E-state index in [0.29, 0.717) is 0 Å². The van der Waals surface area contributed by atoms with Crippen LogP contribution in [0.15, 0.2) is 36.9 Å². The summed E-state index contributed by atoms with van der Waals surface area (Å²) in [5.74, 6) is -0.180. The lowest BCUT2D eigenvalue weighted by Gasteiger charge is -2.34. The number of nitrogens with one attached hydrogen (secondary N) is 1. The van der Waals surface area contributed by atoms with E-state index in [-0.39, 0.29) is 5.91 Å². The topological polar surface area (TPSA) is 29.1 Å². The first-order valence-electron chi connectivity index (χ1n) is 5.17. The molecule has 1 aromatic rings. The molecule has 1 aliphatic rings. The lowest BCUT2D eigenvalue weighted by molar-refractivity contribution is -0.120. The lowest BCUT2D eigenvalue weighted by atomic mass is 9.75. The van der Waals surface area contributed by atoms with Gasteiger partial charge in [-0.05, 0) is 6.07 Å². The second-order valence-electron chi connectivity index (χ2n) is 4.58. The van der Waals surface area contributed by atoms with E-state index in [9.17, 15) is 4.79 Å². The maximum Gasteiger partial charge on any atom is 0.251 e. The largest absolute Gasteiger partial charge is 0.324 e. The minimum atomic E-state index is -1.06. The zero-order valence-corrected chi connectivity index (χ0v) is 10.1. The normalized spacial score (nSPS) is 23.8. The van der Waals surface area contributed by atoms with Gasteiger partial charge in [-0.1, -0.05) is 38.1 Å². The van der Waals surface area contributed by atoms with Crippen LogP contribution in [0.5, 0.6) is 0 Å². The molecule has 3 heteroatoms. The molecular formula is C13H14ClNO. The third-order valence-electron chi connectivity index (χ3n) is 3.26. The summed E-state index contributed by atoms with van der Waals surface area (Å²) in [6, 6.07) is 7.50. The van der Waals surface area contributed by atoms with Crippen molar-refractivity contribution in [2.75, 3.05) is 5.32 Å². The minimum absolute atomic E-state index is 0.180. The van der Waals surface area contributed by atoms with Gasteiger partial charge in [0.05, 0.1) is 0 Å². The molecule has 1 N–H and O–H groups in total. The molecule has 16 heavy (non-hydrogen) atoms. The Morgan fingerprint density at radius 2 is 2.06 bits per heavy atom. The van der Waals surface area contributed by atoms with E-state index in [0.717, 1.165) is 11.3 Å². The Kier molecular flexibility index (Phi) is 2.35. The lowest BCUT2D eigenvalue weighted by Crippen LogP contribution is -2.41. The summed E-state index contributed by atoms with van der Waals surface area (Å²) >= 11 is 6.56. The van der Waals surface area contributed by atoms with Gasteiger partial charge in [0.15, 0.2) is 4.87 Å². The van der Waals surface area contributed by atoms with Crippen LogP contribution in [0.2, 0.25) is 0 Å². The first-order valence-corrected chi connectivity index (χ1v) is 5.55. The zero-order valence-electron chi connectivity index (χ0n) is 9.38. The molecule has 0 saturated carbocycles. The average Bonchev–Trinajstić information content (AvgIpc) is 2.53. The minimum Gasteiger partial charge on any atom is -0.324 e. The number of halogens is 1. The van der Waals surface area contributed by atoms with Crippen LogP contribution >= 0.6 is 11.6 Å². The fourth-order valence-electron chi connectivity index (χ4n) is 2.00. The molecule has 1 atom stereocenters. The second kappa shape index (κ2) is 3.36. The van der Waals surface area contributed by atoms with Gasteiger partial charge in [-0.2, -0.15) is 0 Å². The Balaban J connectivity index is 2.66. The molecule has 84 valence electrons. The highest BCUT2D eigenvalue weighted by Gasteiger charge is 2.54. The van der Waals surface area contributed by atoms with Crippen molar-refractivity contribution in [2.24, 2.45) is 5.41 Å². The number of carbonyl (C=O) groups is 1. The summed E-state index contributed by atoms with van der Waals surface area (Å²) in [4.78, 5) is 11.0. The van der Waals surface area contributed by atoms with E-state index in [4.69, 9.17) is 11.6 Å². The van der Waals surface area contributed by atoms with Crippen LogP contribution < -0.4 is 5.32 Å². The first-order chi connectivity index (χ1) is 7.43. The number of hydrogen-bond acceptors (Lipinski definition) is 1. The van der Waals surface area contributed by atoms with E-state index in [2.05, 4.69) is 11.9 Å². The maximum absolute atomic E-state index is 12.1. The number of rotatable bonds is 2. The van der Waals surface area contributed by atoms with Gasteiger partial charge in [0.2, 0.25) is 0 Å². The molecular weight excluding hydrogens is 222 g/mol. The quantitative estimate of drug-likeness (QED) is 0.619.